The highest BCUT2D eigenvalue weighted by molar-refractivity contribution is 5.71. The fourth-order valence-corrected chi connectivity index (χ4v) is 2.52. The van der Waals surface area contributed by atoms with Crippen LogP contribution in [0, 0.1) is 24.0 Å². The van der Waals surface area contributed by atoms with E-state index in [-0.39, 0.29) is 10.6 Å². The van der Waals surface area contributed by atoms with Gasteiger partial charge in [0, 0.05) is 12.7 Å². The second-order valence-corrected chi connectivity index (χ2v) is 4.60. The lowest BCUT2D eigenvalue weighted by Gasteiger charge is -2.09. The van der Waals surface area contributed by atoms with Gasteiger partial charge in [-0.3, -0.25) is 10.1 Å². The summed E-state index contributed by atoms with van der Waals surface area (Å²) >= 11 is 0. The summed E-state index contributed by atoms with van der Waals surface area (Å²) in [6.45, 7) is 5.92. The highest BCUT2D eigenvalue weighted by Gasteiger charge is 2.23. The minimum Gasteiger partial charge on any atom is -0.382 e. The summed E-state index contributed by atoms with van der Waals surface area (Å²) in [5.41, 5.74) is 4.01. The van der Waals surface area contributed by atoms with Gasteiger partial charge in [0.2, 0.25) is 0 Å². The first-order chi connectivity index (χ1) is 9.51. The molecule has 0 unspecified atom stereocenters. The second kappa shape index (κ2) is 5.32. The van der Waals surface area contributed by atoms with Crippen LogP contribution in [0.1, 0.15) is 23.9 Å². The number of aryl methyl sites for hydroxylation is 1. The van der Waals surface area contributed by atoms with Crippen LogP contribution in [0.5, 0.6) is 0 Å². The third kappa shape index (κ3) is 2.13. The maximum absolute atomic E-state index is 11.4. The van der Waals surface area contributed by atoms with Crippen LogP contribution >= 0.6 is 0 Å². The number of hydrogen-bond acceptors (Lipinski definition) is 4. The molecule has 20 heavy (non-hydrogen) atoms. The van der Waals surface area contributed by atoms with Gasteiger partial charge in [-0.25, -0.2) is 4.68 Å². The van der Waals surface area contributed by atoms with Crippen LogP contribution in [0.2, 0.25) is 0 Å². The molecule has 0 aliphatic rings. The van der Waals surface area contributed by atoms with E-state index >= 15 is 0 Å². The van der Waals surface area contributed by atoms with E-state index in [1.165, 1.54) is 0 Å². The molecule has 0 aliphatic heterocycles. The lowest BCUT2D eigenvalue weighted by atomic mass is 10.1. The average Bonchev–Trinajstić information content (AvgIpc) is 2.72. The van der Waals surface area contributed by atoms with E-state index in [1.54, 1.807) is 29.9 Å². The molecule has 1 aromatic heterocycles. The molecule has 0 aliphatic carbocycles. The first-order valence-corrected chi connectivity index (χ1v) is 6.51. The number of nitrogens with one attached hydrogen (secondary N) is 1. The molecule has 0 saturated heterocycles. The van der Waals surface area contributed by atoms with Gasteiger partial charge in [-0.1, -0.05) is 13.0 Å². The molecule has 2 aromatic rings. The first kappa shape index (κ1) is 14.0. The molecule has 0 bridgehead atoms. The predicted molar refractivity (Wildman–Crippen MR) is 78.6 cm³/mol. The maximum Gasteiger partial charge on any atom is 0.317 e. The van der Waals surface area contributed by atoms with Gasteiger partial charge in [0.05, 0.1) is 10.6 Å². The van der Waals surface area contributed by atoms with Gasteiger partial charge in [-0.05, 0) is 38.0 Å². The van der Waals surface area contributed by atoms with Gasteiger partial charge in [0.15, 0.2) is 0 Å². The number of rotatable bonds is 4. The molecule has 0 atom stereocenters. The minimum atomic E-state index is -0.372. The van der Waals surface area contributed by atoms with Crippen molar-refractivity contribution < 1.29 is 4.92 Å². The third-order valence-corrected chi connectivity index (χ3v) is 3.49. The molecular weight excluding hydrogens is 256 g/mol. The molecule has 1 N–H and O–H groups in total. The summed E-state index contributed by atoms with van der Waals surface area (Å²) in [4.78, 5) is 11.0. The molecule has 6 nitrogen and oxygen atoms in total. The average molecular weight is 274 g/mol. The van der Waals surface area contributed by atoms with E-state index in [0.29, 0.717) is 11.4 Å². The van der Waals surface area contributed by atoms with Crippen LogP contribution in [0.15, 0.2) is 18.2 Å². The van der Waals surface area contributed by atoms with Crippen molar-refractivity contribution in [2.24, 2.45) is 0 Å². The van der Waals surface area contributed by atoms with Crippen molar-refractivity contribution >= 4 is 11.4 Å². The van der Waals surface area contributed by atoms with Crippen molar-refractivity contribution in [2.75, 3.05) is 12.4 Å². The number of aromatic nitrogens is 2. The van der Waals surface area contributed by atoms with E-state index in [9.17, 15) is 10.1 Å². The Morgan fingerprint density at radius 2 is 2.10 bits per heavy atom. The molecule has 2 rings (SSSR count). The van der Waals surface area contributed by atoms with Gasteiger partial charge >= 0.3 is 5.69 Å². The van der Waals surface area contributed by atoms with E-state index in [4.69, 9.17) is 0 Å². The van der Waals surface area contributed by atoms with Crippen LogP contribution in [0.25, 0.3) is 5.69 Å². The molecule has 1 aromatic carbocycles. The Balaban J connectivity index is 2.73. The monoisotopic (exact) mass is 274 g/mol. The quantitative estimate of drug-likeness (QED) is 0.687. The van der Waals surface area contributed by atoms with Crippen LogP contribution in [-0.4, -0.2) is 21.8 Å². The van der Waals surface area contributed by atoms with Crippen molar-refractivity contribution in [1.29, 1.82) is 0 Å². The van der Waals surface area contributed by atoms with Crippen LogP contribution in [0.3, 0.4) is 0 Å². The summed E-state index contributed by atoms with van der Waals surface area (Å²) in [6, 6.07) is 5.20. The SMILES string of the molecule is CCc1c(C)nn(-c2cccc(NC)c2[N+](=O)[O-])c1C. The number of nitrogens with zero attached hydrogens (tertiary/aromatic N) is 3. The van der Waals surface area contributed by atoms with Crippen molar-refractivity contribution in [3.05, 3.63) is 45.3 Å². The molecule has 0 fully saturated rings. The summed E-state index contributed by atoms with van der Waals surface area (Å²) in [5.74, 6) is 0. The largest absolute Gasteiger partial charge is 0.382 e. The third-order valence-electron chi connectivity index (χ3n) is 3.49. The van der Waals surface area contributed by atoms with E-state index in [2.05, 4.69) is 17.3 Å². The van der Waals surface area contributed by atoms with Crippen LogP contribution in [0.4, 0.5) is 11.4 Å². The van der Waals surface area contributed by atoms with Crippen LogP contribution in [-0.2, 0) is 6.42 Å². The Morgan fingerprint density at radius 1 is 1.40 bits per heavy atom. The zero-order valence-corrected chi connectivity index (χ0v) is 12.1. The number of para-hydroxylation sites is 1. The molecule has 0 amide bonds. The lowest BCUT2D eigenvalue weighted by Crippen LogP contribution is -2.06. The van der Waals surface area contributed by atoms with Crippen molar-refractivity contribution in [3.63, 3.8) is 0 Å². The first-order valence-electron chi connectivity index (χ1n) is 6.51. The standard InChI is InChI=1S/C14H18N4O2/c1-5-11-9(2)16-17(10(11)3)13-8-6-7-12(15-4)14(13)18(19)20/h6-8,15H,5H2,1-4H3. The van der Waals surface area contributed by atoms with Gasteiger partial charge in [0.25, 0.3) is 0 Å². The topological polar surface area (TPSA) is 73.0 Å². The lowest BCUT2D eigenvalue weighted by molar-refractivity contribution is -0.383. The molecule has 0 spiro atoms. The zero-order chi connectivity index (χ0) is 14.9. The highest BCUT2D eigenvalue weighted by atomic mass is 16.6. The Hall–Kier alpha value is -2.37. The van der Waals surface area contributed by atoms with Gasteiger partial charge in [0.1, 0.15) is 11.4 Å². The number of anilines is 1. The van der Waals surface area contributed by atoms with Crippen molar-refractivity contribution in [2.45, 2.75) is 27.2 Å². The highest BCUT2D eigenvalue weighted by Crippen LogP contribution is 2.32. The summed E-state index contributed by atoms with van der Waals surface area (Å²) in [6.07, 6.45) is 0.858. The molecule has 106 valence electrons. The minimum absolute atomic E-state index is 0.0447. The molecule has 1 heterocycles. The van der Waals surface area contributed by atoms with Crippen LogP contribution < -0.4 is 5.32 Å². The Kier molecular flexibility index (Phi) is 3.74. The fourth-order valence-electron chi connectivity index (χ4n) is 2.52. The van der Waals surface area contributed by atoms with Gasteiger partial charge < -0.3 is 5.32 Å². The summed E-state index contributed by atoms with van der Waals surface area (Å²) < 4.78 is 1.66. The maximum atomic E-state index is 11.4. The van der Waals surface area contributed by atoms with Crippen molar-refractivity contribution in [1.82, 2.24) is 9.78 Å². The predicted octanol–water partition coefficient (Wildman–Crippen LogP) is 3.00. The summed E-state index contributed by atoms with van der Waals surface area (Å²) in [5, 5.41) is 18.7. The van der Waals surface area contributed by atoms with Crippen molar-refractivity contribution in [3.8, 4) is 5.69 Å². The Labute approximate surface area is 117 Å². The molecule has 0 radical (unpaired) electrons. The molecule has 6 heteroatoms. The molecular formula is C14H18N4O2. The second-order valence-electron chi connectivity index (χ2n) is 4.60. The smallest absolute Gasteiger partial charge is 0.317 e. The summed E-state index contributed by atoms with van der Waals surface area (Å²) in [7, 11) is 1.67. The Bertz CT molecular complexity index is 661. The normalized spacial score (nSPS) is 10.6. The number of hydrogen-bond donors (Lipinski definition) is 1. The number of nitro groups is 1. The number of nitro benzene ring substituents is 1. The fraction of sp³-hybridized carbons (Fsp3) is 0.357. The van der Waals surface area contributed by atoms with E-state index in [0.717, 1.165) is 23.4 Å². The molecule has 0 saturated carbocycles. The zero-order valence-electron chi connectivity index (χ0n) is 12.1. The van der Waals surface area contributed by atoms with E-state index in [1.807, 2.05) is 13.8 Å². The van der Waals surface area contributed by atoms with Gasteiger partial charge in [-0.2, -0.15) is 5.10 Å². The van der Waals surface area contributed by atoms with E-state index < -0.39 is 0 Å². The van der Waals surface area contributed by atoms with Gasteiger partial charge in [-0.15, -0.1) is 0 Å². The Morgan fingerprint density at radius 3 is 2.60 bits per heavy atom. The number of benzene rings is 1.